The molecule has 28 heavy (non-hydrogen) atoms. The number of fused-ring (bicyclic) bond motifs is 1. The quantitative estimate of drug-likeness (QED) is 0.378. The number of aryl methyl sites for hydroxylation is 1. The smallest absolute Gasteiger partial charge is 0.309 e. The Morgan fingerprint density at radius 2 is 2.07 bits per heavy atom. The molecule has 4 heterocycles. The van der Waals surface area contributed by atoms with E-state index in [1.54, 1.807) is 18.3 Å². The minimum Gasteiger partial charge on any atom is -0.309 e. The Morgan fingerprint density at radius 1 is 1.25 bits per heavy atom. The predicted octanol–water partition coefficient (Wildman–Crippen LogP) is 3.83. The maximum absolute atomic E-state index is 12.7. The second kappa shape index (κ2) is 7.35. The second-order valence-corrected chi connectivity index (χ2v) is 9.11. The number of thioether (sulfide) groups is 1. The molecular weight excluding hydrogens is 414 g/mol. The molecule has 1 atom stereocenters. The van der Waals surface area contributed by atoms with E-state index in [1.807, 2.05) is 29.8 Å². The lowest BCUT2D eigenvalue weighted by molar-refractivity contribution is 0.899. The standard InChI is InChI=1S/C18H13N5O2S3/c1-8-10(6-19)16(23-18(25)20-8)28-9(2)14-21-15(24)13-11(7-27-17(13)22-14)12-4-3-5-26-12/h3-5,7,9H,1-2H3,(H,20,23,25)(H,21,22,24)/t9-/m0/s1. The molecule has 0 radical (unpaired) electrons. The number of thiophene rings is 2. The average Bonchev–Trinajstić information content (AvgIpc) is 3.30. The molecule has 0 aliphatic carbocycles. The van der Waals surface area contributed by atoms with Crippen molar-refractivity contribution in [2.75, 3.05) is 0 Å². The van der Waals surface area contributed by atoms with Crippen LogP contribution in [0.1, 0.15) is 29.3 Å². The van der Waals surface area contributed by atoms with Crippen LogP contribution in [-0.2, 0) is 0 Å². The van der Waals surface area contributed by atoms with Crippen molar-refractivity contribution in [1.29, 1.82) is 5.26 Å². The van der Waals surface area contributed by atoms with Crippen molar-refractivity contribution in [2.24, 2.45) is 0 Å². The van der Waals surface area contributed by atoms with Crippen LogP contribution in [0.25, 0.3) is 20.7 Å². The number of aromatic nitrogens is 4. The number of hydrogen-bond donors (Lipinski definition) is 2. The molecule has 2 N–H and O–H groups in total. The van der Waals surface area contributed by atoms with Crippen molar-refractivity contribution in [3.8, 4) is 16.5 Å². The van der Waals surface area contributed by atoms with Gasteiger partial charge in [0.1, 0.15) is 27.3 Å². The van der Waals surface area contributed by atoms with Crippen molar-refractivity contribution in [3.63, 3.8) is 0 Å². The third-order valence-corrected chi connectivity index (χ3v) is 6.99. The van der Waals surface area contributed by atoms with Crippen LogP contribution in [-0.4, -0.2) is 19.9 Å². The monoisotopic (exact) mass is 427 g/mol. The molecule has 0 aliphatic rings. The second-order valence-electron chi connectivity index (χ2n) is 5.98. The van der Waals surface area contributed by atoms with Gasteiger partial charge < -0.3 is 9.97 Å². The van der Waals surface area contributed by atoms with Gasteiger partial charge in [0.2, 0.25) is 0 Å². The molecule has 0 aliphatic heterocycles. The van der Waals surface area contributed by atoms with Gasteiger partial charge in [-0.1, -0.05) is 17.8 Å². The first-order valence-electron chi connectivity index (χ1n) is 8.21. The Bertz CT molecular complexity index is 1330. The zero-order valence-corrected chi connectivity index (χ0v) is 17.2. The van der Waals surface area contributed by atoms with Crippen LogP contribution in [0, 0.1) is 18.3 Å². The van der Waals surface area contributed by atoms with Crippen LogP contribution in [0.3, 0.4) is 0 Å². The number of nitrogens with one attached hydrogen (secondary N) is 2. The Balaban J connectivity index is 1.74. The number of aromatic amines is 2. The summed E-state index contributed by atoms with van der Waals surface area (Å²) in [7, 11) is 0. The predicted molar refractivity (Wildman–Crippen MR) is 112 cm³/mol. The lowest BCUT2D eigenvalue weighted by Crippen LogP contribution is -2.16. The van der Waals surface area contributed by atoms with E-state index in [9.17, 15) is 14.9 Å². The van der Waals surface area contributed by atoms with Crippen LogP contribution in [0.5, 0.6) is 0 Å². The van der Waals surface area contributed by atoms with Gasteiger partial charge in [0.05, 0.1) is 10.6 Å². The van der Waals surface area contributed by atoms with Gasteiger partial charge in [-0.05, 0) is 25.3 Å². The van der Waals surface area contributed by atoms with Crippen LogP contribution >= 0.6 is 34.4 Å². The Hall–Kier alpha value is -2.74. The average molecular weight is 428 g/mol. The molecule has 0 fully saturated rings. The van der Waals surface area contributed by atoms with E-state index in [0.717, 1.165) is 10.4 Å². The van der Waals surface area contributed by atoms with E-state index < -0.39 is 5.69 Å². The summed E-state index contributed by atoms with van der Waals surface area (Å²) in [5.41, 5.74) is 0.952. The first-order valence-corrected chi connectivity index (χ1v) is 10.8. The number of hydrogen-bond acceptors (Lipinski definition) is 8. The summed E-state index contributed by atoms with van der Waals surface area (Å²) in [6.45, 7) is 3.50. The summed E-state index contributed by atoms with van der Waals surface area (Å²) in [6.07, 6.45) is 0. The molecule has 0 saturated heterocycles. The van der Waals surface area contributed by atoms with E-state index in [2.05, 4.69) is 26.0 Å². The molecule has 0 bridgehead atoms. The Labute approximate surface area is 171 Å². The van der Waals surface area contributed by atoms with Gasteiger partial charge in [-0.25, -0.2) is 9.78 Å². The third kappa shape index (κ3) is 3.28. The number of nitrogens with zero attached hydrogens (tertiary/aromatic N) is 3. The highest BCUT2D eigenvalue weighted by molar-refractivity contribution is 7.99. The van der Waals surface area contributed by atoms with Gasteiger partial charge >= 0.3 is 5.69 Å². The van der Waals surface area contributed by atoms with Crippen molar-refractivity contribution < 1.29 is 0 Å². The molecule has 0 aromatic carbocycles. The van der Waals surface area contributed by atoms with Gasteiger partial charge in [-0.3, -0.25) is 4.79 Å². The molecular formula is C18H13N5O2S3. The number of rotatable bonds is 4. The molecule has 10 heteroatoms. The fourth-order valence-corrected chi connectivity index (χ4v) is 5.55. The van der Waals surface area contributed by atoms with Gasteiger partial charge in [-0.15, -0.1) is 22.7 Å². The van der Waals surface area contributed by atoms with E-state index in [1.165, 1.54) is 23.1 Å². The van der Waals surface area contributed by atoms with E-state index >= 15 is 0 Å². The summed E-state index contributed by atoms with van der Waals surface area (Å²) >= 11 is 4.21. The highest BCUT2D eigenvalue weighted by Gasteiger charge is 2.19. The van der Waals surface area contributed by atoms with Gasteiger partial charge in [-0.2, -0.15) is 10.2 Å². The molecule has 0 amide bonds. The minimum absolute atomic E-state index is 0.201. The molecule has 7 nitrogen and oxygen atoms in total. The maximum atomic E-state index is 12.7. The lowest BCUT2D eigenvalue weighted by Gasteiger charge is -2.11. The van der Waals surface area contributed by atoms with Crippen molar-refractivity contribution in [2.45, 2.75) is 24.1 Å². The number of H-pyrrole nitrogens is 2. The fraction of sp³-hybridized carbons (Fsp3) is 0.167. The Kier molecular flexibility index (Phi) is 4.89. The van der Waals surface area contributed by atoms with Gasteiger partial charge in [0.15, 0.2) is 0 Å². The fourth-order valence-electron chi connectivity index (χ4n) is 2.77. The molecule has 4 aromatic rings. The van der Waals surface area contributed by atoms with Crippen molar-refractivity contribution in [1.82, 2.24) is 19.9 Å². The van der Waals surface area contributed by atoms with Crippen LogP contribution in [0.4, 0.5) is 0 Å². The van der Waals surface area contributed by atoms with Crippen LogP contribution in [0.2, 0.25) is 0 Å². The summed E-state index contributed by atoms with van der Waals surface area (Å²) in [5.74, 6) is 0.478. The van der Waals surface area contributed by atoms with Gasteiger partial charge in [0.25, 0.3) is 5.56 Å². The zero-order chi connectivity index (χ0) is 19.8. The first kappa shape index (κ1) is 18.6. The number of nitriles is 1. The highest BCUT2D eigenvalue weighted by Crippen LogP contribution is 2.36. The molecule has 4 rings (SSSR count). The van der Waals surface area contributed by atoms with E-state index in [4.69, 9.17) is 0 Å². The molecule has 0 saturated carbocycles. The largest absolute Gasteiger partial charge is 0.346 e. The normalized spacial score (nSPS) is 12.2. The minimum atomic E-state index is -0.512. The zero-order valence-electron chi connectivity index (χ0n) is 14.8. The summed E-state index contributed by atoms with van der Waals surface area (Å²) in [6, 6.07) is 5.99. The van der Waals surface area contributed by atoms with E-state index in [0.29, 0.717) is 32.3 Å². The van der Waals surface area contributed by atoms with Crippen molar-refractivity contribution in [3.05, 3.63) is 60.8 Å². The molecule has 0 unspecified atom stereocenters. The van der Waals surface area contributed by atoms with E-state index in [-0.39, 0.29) is 10.8 Å². The highest BCUT2D eigenvalue weighted by atomic mass is 32.2. The van der Waals surface area contributed by atoms with Crippen molar-refractivity contribution >= 4 is 44.7 Å². The summed E-state index contributed by atoms with van der Waals surface area (Å²) in [5, 5.41) is 13.9. The SMILES string of the molecule is Cc1[nH]c(=O)nc(S[C@@H](C)c2nc3scc(-c4cccs4)c3c(=O)[nH]2)c1C#N. The summed E-state index contributed by atoms with van der Waals surface area (Å²) in [4.78, 5) is 40.0. The van der Waals surface area contributed by atoms with Crippen LogP contribution < -0.4 is 11.2 Å². The topological polar surface area (TPSA) is 115 Å². The molecule has 0 spiro atoms. The molecule has 4 aromatic heterocycles. The van der Waals surface area contributed by atoms with Gasteiger partial charge in [0, 0.05) is 21.5 Å². The maximum Gasteiger partial charge on any atom is 0.346 e. The first-order chi connectivity index (χ1) is 13.5. The lowest BCUT2D eigenvalue weighted by atomic mass is 10.2. The van der Waals surface area contributed by atoms with Crippen LogP contribution in [0.15, 0.2) is 37.5 Å². The Morgan fingerprint density at radius 3 is 2.79 bits per heavy atom. The molecule has 140 valence electrons. The third-order valence-electron chi connectivity index (χ3n) is 4.12. The summed E-state index contributed by atoms with van der Waals surface area (Å²) < 4.78 is 0.